The molecular formula is C44H44N8O9. The third-order valence-electron chi connectivity index (χ3n) is 8.57. The minimum absolute atomic E-state index is 0.00339. The van der Waals surface area contributed by atoms with Crippen molar-refractivity contribution in [1.82, 2.24) is 5.32 Å². The van der Waals surface area contributed by atoms with Crippen molar-refractivity contribution >= 4 is 74.6 Å². The van der Waals surface area contributed by atoms with Crippen LogP contribution in [0.25, 0.3) is 10.8 Å². The molecule has 0 aliphatic rings. The first-order chi connectivity index (χ1) is 29.3. The molecule has 5 aromatic carbocycles. The van der Waals surface area contributed by atoms with Crippen LogP contribution in [0.15, 0.2) is 126 Å². The first kappa shape index (κ1) is 44.1. The standard InChI is InChI=1S/C44H44N8O9/c1-6-38(53)52(45)31-18-16-27(17-19-31)41(55)49-34-24-37(60-8-3)35(25-36(34)59-7-2)50-51-39-32-15-10-9-12-28(32)22-33(40(39)54)42(56)47-29-13-11-14-30(23-29)48-44(58)46-20-21-61-43(57)26(4)5/h6,9-19,22-25,54H,1,4,7-8,20-21,45H2,2-3,5H3,(H,47,56)(H,49,55)(H2,46,48,58)/b51-50+. The monoisotopic (exact) mass is 828 g/mol. The molecule has 17 nitrogen and oxygen atoms in total. The van der Waals surface area contributed by atoms with Crippen molar-refractivity contribution in [1.29, 1.82) is 0 Å². The third kappa shape index (κ3) is 11.3. The Hall–Kier alpha value is -8.05. The normalized spacial score (nSPS) is 10.7. The topological polar surface area (TPSA) is 235 Å². The van der Waals surface area contributed by atoms with Crippen molar-refractivity contribution < 1.29 is 43.3 Å². The lowest BCUT2D eigenvalue weighted by Crippen LogP contribution is -2.35. The molecule has 0 bridgehead atoms. The number of anilines is 4. The third-order valence-corrected chi connectivity index (χ3v) is 8.57. The van der Waals surface area contributed by atoms with Gasteiger partial charge in [-0.2, -0.15) is 0 Å². The molecule has 314 valence electrons. The van der Waals surface area contributed by atoms with Crippen molar-refractivity contribution in [3.63, 3.8) is 0 Å². The number of urea groups is 1. The van der Waals surface area contributed by atoms with Crippen LogP contribution in [0.5, 0.6) is 17.2 Å². The Morgan fingerprint density at radius 2 is 1.51 bits per heavy atom. The largest absolute Gasteiger partial charge is 0.505 e. The maximum absolute atomic E-state index is 13.7. The van der Waals surface area contributed by atoms with Crippen LogP contribution in [-0.4, -0.2) is 61.2 Å². The van der Waals surface area contributed by atoms with Crippen LogP contribution < -0.4 is 41.6 Å². The number of nitrogens with one attached hydrogen (secondary N) is 4. The van der Waals surface area contributed by atoms with E-state index >= 15 is 0 Å². The summed E-state index contributed by atoms with van der Waals surface area (Å²) >= 11 is 0. The van der Waals surface area contributed by atoms with Gasteiger partial charge >= 0.3 is 12.0 Å². The van der Waals surface area contributed by atoms with E-state index in [1.807, 2.05) is 0 Å². The lowest BCUT2D eigenvalue weighted by atomic mass is 10.0. The second-order valence-corrected chi connectivity index (χ2v) is 13.0. The number of phenolic OH excluding ortho intramolecular Hbond substituents is 1. The number of benzene rings is 5. The summed E-state index contributed by atoms with van der Waals surface area (Å²) in [5.74, 6) is 3.59. The molecule has 5 amide bonds. The molecule has 0 saturated heterocycles. The van der Waals surface area contributed by atoms with E-state index in [1.54, 1.807) is 56.3 Å². The SMILES string of the molecule is C=CC(=O)N(N)c1ccc(C(=O)Nc2cc(OCC)c(/N=N/c3c(O)c(C(=O)Nc4cccc(NC(=O)NCCOC(=O)C(=C)C)c4)cc4ccccc34)cc2OCC)cc1. The summed E-state index contributed by atoms with van der Waals surface area (Å²) in [7, 11) is 0. The van der Waals surface area contributed by atoms with Crippen LogP contribution in [0.2, 0.25) is 0 Å². The highest BCUT2D eigenvalue weighted by Crippen LogP contribution is 2.43. The van der Waals surface area contributed by atoms with E-state index in [0.29, 0.717) is 27.8 Å². The van der Waals surface area contributed by atoms with Crippen LogP contribution in [0, 0.1) is 0 Å². The molecule has 17 heteroatoms. The zero-order chi connectivity index (χ0) is 44.1. The van der Waals surface area contributed by atoms with E-state index in [4.69, 9.17) is 20.1 Å². The molecule has 0 radical (unpaired) electrons. The van der Waals surface area contributed by atoms with Crippen LogP contribution in [0.4, 0.5) is 38.9 Å². The van der Waals surface area contributed by atoms with Gasteiger partial charge in [0.25, 0.3) is 17.7 Å². The number of azo groups is 1. The first-order valence-electron chi connectivity index (χ1n) is 18.8. The van der Waals surface area contributed by atoms with Crippen molar-refractivity contribution in [2.75, 3.05) is 47.3 Å². The predicted molar refractivity (Wildman–Crippen MR) is 232 cm³/mol. The molecule has 0 atom stereocenters. The number of amides is 5. The number of rotatable bonds is 17. The van der Waals surface area contributed by atoms with Crippen molar-refractivity contribution in [3.8, 4) is 17.2 Å². The fourth-order valence-corrected chi connectivity index (χ4v) is 5.64. The molecule has 0 fully saturated rings. The van der Waals surface area contributed by atoms with Crippen molar-refractivity contribution in [2.45, 2.75) is 20.8 Å². The highest BCUT2D eigenvalue weighted by atomic mass is 16.5. The van der Waals surface area contributed by atoms with Gasteiger partial charge in [0.15, 0.2) is 5.75 Å². The number of nitrogens with zero attached hydrogens (tertiary/aromatic N) is 3. The highest BCUT2D eigenvalue weighted by Gasteiger charge is 2.21. The van der Waals surface area contributed by atoms with E-state index in [2.05, 4.69) is 44.7 Å². The van der Waals surface area contributed by atoms with E-state index < -0.39 is 35.5 Å². The number of carbonyl (C=O) groups excluding carboxylic acids is 5. The molecule has 5 rings (SSSR count). The predicted octanol–water partition coefficient (Wildman–Crippen LogP) is 7.90. The van der Waals surface area contributed by atoms with E-state index in [-0.39, 0.29) is 71.6 Å². The fourth-order valence-electron chi connectivity index (χ4n) is 5.64. The number of phenols is 1. The minimum Gasteiger partial charge on any atom is -0.505 e. The number of nitrogens with two attached hydrogens (primary N) is 1. The Labute approximate surface area is 350 Å². The molecule has 0 heterocycles. The smallest absolute Gasteiger partial charge is 0.333 e. The number of hydrazine groups is 1. The van der Waals surface area contributed by atoms with Crippen LogP contribution >= 0.6 is 0 Å². The first-order valence-corrected chi connectivity index (χ1v) is 18.8. The average Bonchev–Trinajstić information content (AvgIpc) is 3.25. The van der Waals surface area contributed by atoms with E-state index in [9.17, 15) is 29.1 Å². The van der Waals surface area contributed by atoms with Crippen LogP contribution in [0.3, 0.4) is 0 Å². The van der Waals surface area contributed by atoms with Crippen LogP contribution in [-0.2, 0) is 14.3 Å². The Kier molecular flexibility index (Phi) is 14.9. The van der Waals surface area contributed by atoms with E-state index in [1.165, 1.54) is 55.5 Å². The van der Waals surface area contributed by atoms with Crippen molar-refractivity contribution in [2.24, 2.45) is 16.1 Å². The Morgan fingerprint density at radius 1 is 0.820 bits per heavy atom. The summed E-state index contributed by atoms with van der Waals surface area (Å²) in [4.78, 5) is 62.9. The van der Waals surface area contributed by atoms with Gasteiger partial charge in [-0.1, -0.05) is 43.5 Å². The Morgan fingerprint density at radius 3 is 2.20 bits per heavy atom. The number of carbonyl (C=O) groups is 5. The molecule has 0 saturated carbocycles. The molecule has 7 N–H and O–H groups in total. The molecule has 0 aliphatic heterocycles. The fraction of sp³-hybridized carbons (Fsp3) is 0.159. The van der Waals surface area contributed by atoms with Gasteiger partial charge in [-0.05, 0) is 80.8 Å². The van der Waals surface area contributed by atoms with Gasteiger partial charge < -0.3 is 40.6 Å². The molecule has 61 heavy (non-hydrogen) atoms. The molecule has 5 aromatic rings. The molecular weight excluding hydrogens is 785 g/mol. The maximum Gasteiger partial charge on any atom is 0.333 e. The summed E-state index contributed by atoms with van der Waals surface area (Å²) in [5, 5.41) is 33.2. The number of hydrogen-bond acceptors (Lipinski definition) is 12. The quantitative estimate of drug-likeness (QED) is 0.0101. The zero-order valence-corrected chi connectivity index (χ0v) is 33.6. The van der Waals surface area contributed by atoms with Gasteiger partial charge in [0.2, 0.25) is 0 Å². The summed E-state index contributed by atoms with van der Waals surface area (Å²) in [5.41, 5.74) is 1.89. The second-order valence-electron chi connectivity index (χ2n) is 13.0. The number of aromatic hydroxyl groups is 1. The van der Waals surface area contributed by atoms with Crippen LogP contribution in [0.1, 0.15) is 41.5 Å². The minimum atomic E-state index is -0.672. The number of fused-ring (bicyclic) bond motifs is 1. The molecule has 0 aliphatic carbocycles. The lowest BCUT2D eigenvalue weighted by Gasteiger charge is -2.16. The summed E-state index contributed by atoms with van der Waals surface area (Å²) in [6.45, 7) is 12.4. The highest BCUT2D eigenvalue weighted by molar-refractivity contribution is 6.12. The van der Waals surface area contributed by atoms with Gasteiger partial charge in [0.1, 0.15) is 29.5 Å². The second kappa shape index (κ2) is 20.6. The summed E-state index contributed by atoms with van der Waals surface area (Å²) < 4.78 is 16.7. The van der Waals surface area contributed by atoms with Gasteiger partial charge in [-0.25, -0.2) is 20.4 Å². The van der Waals surface area contributed by atoms with Gasteiger partial charge in [-0.15, -0.1) is 10.2 Å². The lowest BCUT2D eigenvalue weighted by molar-refractivity contribution is -0.138. The molecule has 0 aromatic heterocycles. The zero-order valence-electron chi connectivity index (χ0n) is 33.6. The van der Waals surface area contributed by atoms with E-state index in [0.717, 1.165) is 11.1 Å². The van der Waals surface area contributed by atoms with Gasteiger partial charge in [0.05, 0.1) is 36.7 Å². The number of hydrogen-bond donors (Lipinski definition) is 6. The Bertz CT molecular complexity index is 2520. The maximum atomic E-state index is 13.7. The average molecular weight is 829 g/mol. The molecule has 0 spiro atoms. The number of ether oxygens (including phenoxy) is 3. The summed E-state index contributed by atoms with van der Waals surface area (Å²) in [6.07, 6.45) is 1.07. The molecule has 0 unspecified atom stereocenters. The van der Waals surface area contributed by atoms with Crippen molar-refractivity contribution in [3.05, 3.63) is 127 Å². The summed E-state index contributed by atoms with van der Waals surface area (Å²) in [6, 6.07) is 23.4. The number of esters is 1. The van der Waals surface area contributed by atoms with Gasteiger partial charge in [-0.3, -0.25) is 14.4 Å². The van der Waals surface area contributed by atoms with Gasteiger partial charge in [0, 0.05) is 40.0 Å². The Balaban J connectivity index is 1.38.